The molecule has 0 saturated heterocycles. The minimum absolute atomic E-state index is 0.145. The number of ether oxygens (including phenoxy) is 1. The molecule has 126 valence electrons. The van der Waals surface area contributed by atoms with Gasteiger partial charge in [0.2, 0.25) is 0 Å². The number of hydrogen-bond acceptors (Lipinski definition) is 4. The van der Waals surface area contributed by atoms with Gasteiger partial charge in [-0.2, -0.15) is 0 Å². The molecular weight excluding hydrogens is 284 g/mol. The molecule has 22 heavy (non-hydrogen) atoms. The van der Waals surface area contributed by atoms with Gasteiger partial charge in [-0.25, -0.2) is 4.79 Å². The summed E-state index contributed by atoms with van der Waals surface area (Å²) < 4.78 is 5.19. The second-order valence-electron chi connectivity index (χ2n) is 7.06. The van der Waals surface area contributed by atoms with Crippen LogP contribution in [0.25, 0.3) is 0 Å². The molecule has 0 heterocycles. The Labute approximate surface area is 132 Å². The minimum Gasteiger partial charge on any atom is -0.452 e. The maximum atomic E-state index is 12.1. The molecule has 0 spiro atoms. The standard InChI is InChI=1S/C16H28N2O4/c1-10(13(19)18-15(21)17-5)22-14(20)11-6-8-12(9-7-11)16(2,3)4/h10-12H,6-9H2,1-5H3,(H2,17,18,19,21)/t10-,11?,12?/m1/s1. The Bertz CT molecular complexity index is 420. The predicted molar refractivity (Wildman–Crippen MR) is 83.1 cm³/mol. The fourth-order valence-corrected chi connectivity index (χ4v) is 2.80. The summed E-state index contributed by atoms with van der Waals surface area (Å²) in [6.07, 6.45) is 2.63. The minimum atomic E-state index is -0.967. The van der Waals surface area contributed by atoms with Crippen LogP contribution in [0, 0.1) is 17.3 Å². The molecule has 1 atom stereocenters. The third kappa shape index (κ3) is 5.31. The average molecular weight is 312 g/mol. The Hall–Kier alpha value is -1.59. The highest BCUT2D eigenvalue weighted by Crippen LogP contribution is 2.40. The molecular formula is C16H28N2O4. The summed E-state index contributed by atoms with van der Waals surface area (Å²) in [6.45, 7) is 8.14. The van der Waals surface area contributed by atoms with E-state index in [2.05, 4.69) is 31.4 Å². The topological polar surface area (TPSA) is 84.5 Å². The fourth-order valence-electron chi connectivity index (χ4n) is 2.80. The van der Waals surface area contributed by atoms with Crippen molar-refractivity contribution in [3.63, 3.8) is 0 Å². The first-order chi connectivity index (χ1) is 10.1. The van der Waals surface area contributed by atoms with E-state index >= 15 is 0 Å². The monoisotopic (exact) mass is 312 g/mol. The highest BCUT2D eigenvalue weighted by molar-refractivity contribution is 5.97. The van der Waals surface area contributed by atoms with Crippen molar-refractivity contribution in [2.45, 2.75) is 59.5 Å². The van der Waals surface area contributed by atoms with Crippen LogP contribution in [0.5, 0.6) is 0 Å². The number of imide groups is 1. The van der Waals surface area contributed by atoms with E-state index in [9.17, 15) is 14.4 Å². The van der Waals surface area contributed by atoms with Crippen molar-refractivity contribution < 1.29 is 19.1 Å². The second kappa shape index (κ2) is 7.61. The molecule has 1 saturated carbocycles. The Balaban J connectivity index is 2.43. The van der Waals surface area contributed by atoms with Crippen molar-refractivity contribution >= 4 is 17.9 Å². The van der Waals surface area contributed by atoms with Crippen molar-refractivity contribution in [2.24, 2.45) is 17.3 Å². The van der Waals surface area contributed by atoms with Crippen molar-refractivity contribution in [1.29, 1.82) is 0 Å². The first kappa shape index (κ1) is 18.5. The molecule has 6 nitrogen and oxygen atoms in total. The molecule has 1 fully saturated rings. The van der Waals surface area contributed by atoms with Crippen LogP contribution in [0.4, 0.5) is 4.79 Å². The van der Waals surface area contributed by atoms with E-state index in [1.807, 2.05) is 0 Å². The Morgan fingerprint density at radius 3 is 2.09 bits per heavy atom. The van der Waals surface area contributed by atoms with E-state index in [0.717, 1.165) is 25.7 Å². The number of urea groups is 1. The van der Waals surface area contributed by atoms with Gasteiger partial charge in [0.05, 0.1) is 5.92 Å². The molecule has 0 bridgehead atoms. The normalized spacial score (nSPS) is 23.3. The van der Waals surface area contributed by atoms with Crippen LogP contribution in [0.1, 0.15) is 53.4 Å². The number of rotatable bonds is 3. The summed E-state index contributed by atoms with van der Waals surface area (Å²) in [5.74, 6) is -0.484. The second-order valence-corrected chi connectivity index (χ2v) is 7.06. The Morgan fingerprint density at radius 2 is 1.64 bits per heavy atom. The zero-order valence-corrected chi connectivity index (χ0v) is 14.2. The van der Waals surface area contributed by atoms with Crippen LogP contribution in [-0.4, -0.2) is 31.1 Å². The lowest BCUT2D eigenvalue weighted by Crippen LogP contribution is -2.44. The quantitative estimate of drug-likeness (QED) is 0.783. The molecule has 6 heteroatoms. The van der Waals surface area contributed by atoms with Gasteiger partial charge >= 0.3 is 12.0 Å². The molecule has 2 N–H and O–H groups in total. The van der Waals surface area contributed by atoms with E-state index in [1.54, 1.807) is 0 Å². The van der Waals surface area contributed by atoms with Gasteiger partial charge in [-0.3, -0.25) is 14.9 Å². The first-order valence-electron chi connectivity index (χ1n) is 7.88. The van der Waals surface area contributed by atoms with Gasteiger partial charge < -0.3 is 10.1 Å². The SMILES string of the molecule is CNC(=O)NC(=O)[C@@H](C)OC(=O)C1CCC(C(C)(C)C)CC1. The van der Waals surface area contributed by atoms with E-state index in [0.29, 0.717) is 5.92 Å². The molecule has 3 amide bonds. The maximum absolute atomic E-state index is 12.1. The summed E-state index contributed by atoms with van der Waals surface area (Å²) in [7, 11) is 1.41. The third-order valence-corrected chi connectivity index (χ3v) is 4.41. The van der Waals surface area contributed by atoms with Gasteiger partial charge in [0, 0.05) is 7.05 Å². The maximum Gasteiger partial charge on any atom is 0.321 e. The van der Waals surface area contributed by atoms with Gasteiger partial charge in [0.1, 0.15) is 0 Å². The van der Waals surface area contributed by atoms with Crippen molar-refractivity contribution in [1.82, 2.24) is 10.6 Å². The average Bonchev–Trinajstić information content (AvgIpc) is 2.46. The van der Waals surface area contributed by atoms with Crippen molar-refractivity contribution in [3.05, 3.63) is 0 Å². The first-order valence-corrected chi connectivity index (χ1v) is 7.88. The largest absolute Gasteiger partial charge is 0.452 e. The third-order valence-electron chi connectivity index (χ3n) is 4.41. The van der Waals surface area contributed by atoms with Crippen LogP contribution < -0.4 is 10.6 Å². The van der Waals surface area contributed by atoms with E-state index < -0.39 is 18.0 Å². The van der Waals surface area contributed by atoms with Crippen LogP contribution in [-0.2, 0) is 14.3 Å². The fraction of sp³-hybridized carbons (Fsp3) is 0.812. The smallest absolute Gasteiger partial charge is 0.321 e. The zero-order valence-electron chi connectivity index (χ0n) is 14.2. The van der Waals surface area contributed by atoms with E-state index in [1.165, 1.54) is 14.0 Å². The van der Waals surface area contributed by atoms with Crippen LogP contribution in [0.3, 0.4) is 0 Å². The lowest BCUT2D eigenvalue weighted by molar-refractivity contribution is -0.160. The molecule has 0 radical (unpaired) electrons. The Morgan fingerprint density at radius 1 is 1.09 bits per heavy atom. The summed E-state index contributed by atoms with van der Waals surface area (Å²) in [5.41, 5.74) is 0.259. The number of esters is 1. The molecule has 0 aromatic rings. The number of carbonyl (C=O) groups excluding carboxylic acids is 3. The highest BCUT2D eigenvalue weighted by atomic mass is 16.5. The lowest BCUT2D eigenvalue weighted by Gasteiger charge is -2.36. The van der Waals surface area contributed by atoms with Crippen LogP contribution >= 0.6 is 0 Å². The van der Waals surface area contributed by atoms with Gasteiger partial charge in [0.15, 0.2) is 6.10 Å². The molecule has 0 aromatic carbocycles. The summed E-state index contributed by atoms with van der Waals surface area (Å²) in [5, 5.41) is 4.37. The van der Waals surface area contributed by atoms with Gasteiger partial charge in [-0.1, -0.05) is 20.8 Å². The van der Waals surface area contributed by atoms with Crippen LogP contribution in [0.2, 0.25) is 0 Å². The van der Waals surface area contributed by atoms with Gasteiger partial charge in [-0.15, -0.1) is 0 Å². The molecule has 0 aromatic heterocycles. The highest BCUT2D eigenvalue weighted by Gasteiger charge is 2.34. The van der Waals surface area contributed by atoms with E-state index in [4.69, 9.17) is 4.74 Å². The molecule has 1 rings (SSSR count). The number of nitrogens with one attached hydrogen (secondary N) is 2. The zero-order chi connectivity index (χ0) is 16.9. The molecule has 1 aliphatic carbocycles. The number of hydrogen-bond donors (Lipinski definition) is 2. The number of amides is 3. The summed E-state index contributed by atoms with van der Waals surface area (Å²) in [6, 6.07) is -0.612. The number of carbonyl (C=O) groups is 3. The van der Waals surface area contributed by atoms with Crippen LogP contribution in [0.15, 0.2) is 0 Å². The molecule has 1 aliphatic rings. The van der Waals surface area contributed by atoms with Gasteiger partial charge in [0.25, 0.3) is 5.91 Å². The van der Waals surface area contributed by atoms with E-state index in [-0.39, 0.29) is 17.3 Å². The predicted octanol–water partition coefficient (Wildman–Crippen LogP) is 2.23. The summed E-state index contributed by atoms with van der Waals surface area (Å²) >= 11 is 0. The molecule has 0 aliphatic heterocycles. The van der Waals surface area contributed by atoms with Crippen molar-refractivity contribution in [3.8, 4) is 0 Å². The Kier molecular flexibility index (Phi) is 6.38. The van der Waals surface area contributed by atoms with Crippen molar-refractivity contribution in [2.75, 3.05) is 7.05 Å². The van der Waals surface area contributed by atoms with Gasteiger partial charge in [-0.05, 0) is 43.9 Å². The lowest BCUT2D eigenvalue weighted by atomic mass is 9.70. The summed E-state index contributed by atoms with van der Waals surface area (Å²) in [4.78, 5) is 34.8. The molecule has 0 unspecified atom stereocenters.